The average Bonchev–Trinajstić information content (AvgIpc) is 3.05. The van der Waals surface area contributed by atoms with Crippen LogP contribution in [0.5, 0.6) is 5.75 Å². The van der Waals surface area contributed by atoms with E-state index >= 15 is 0 Å². The maximum absolute atomic E-state index is 12.8. The molecule has 2 heterocycles. The molecule has 2 aromatic carbocycles. The van der Waals surface area contributed by atoms with Crippen LogP contribution in [-0.4, -0.2) is 31.8 Å². The van der Waals surface area contributed by atoms with Crippen molar-refractivity contribution >= 4 is 16.7 Å². The fourth-order valence-corrected chi connectivity index (χ4v) is 3.04. The minimum absolute atomic E-state index is 0.114. The molecule has 9 nitrogen and oxygen atoms in total. The Labute approximate surface area is 158 Å². The number of non-ortho nitro benzene ring substituents is 1. The Morgan fingerprint density at radius 2 is 1.93 bits per heavy atom. The van der Waals surface area contributed by atoms with Gasteiger partial charge in [0.25, 0.3) is 11.2 Å². The molecule has 0 aliphatic carbocycles. The van der Waals surface area contributed by atoms with E-state index in [1.807, 2.05) is 30.3 Å². The van der Waals surface area contributed by atoms with Gasteiger partial charge in [-0.25, -0.2) is 9.67 Å². The number of rotatable bonds is 4. The van der Waals surface area contributed by atoms with Crippen LogP contribution >= 0.6 is 0 Å². The number of para-hydroxylation sites is 1. The third kappa shape index (κ3) is 2.78. The number of nitro groups is 1. The minimum atomic E-state index is -0.514. The van der Waals surface area contributed by atoms with Gasteiger partial charge in [0.05, 0.1) is 35.0 Å². The first-order chi connectivity index (χ1) is 13.5. The van der Waals surface area contributed by atoms with Crippen LogP contribution < -0.4 is 10.3 Å². The van der Waals surface area contributed by atoms with Crippen molar-refractivity contribution in [3.8, 4) is 22.8 Å². The normalized spacial score (nSPS) is 10.9. The van der Waals surface area contributed by atoms with Gasteiger partial charge in [0.1, 0.15) is 17.1 Å². The highest BCUT2D eigenvalue weighted by Gasteiger charge is 2.19. The highest BCUT2D eigenvalue weighted by molar-refractivity contribution is 5.81. The number of H-pyrrole nitrogens is 1. The zero-order valence-corrected chi connectivity index (χ0v) is 15.0. The zero-order chi connectivity index (χ0) is 19.8. The zero-order valence-electron chi connectivity index (χ0n) is 15.0. The second-order valence-corrected chi connectivity index (χ2v) is 6.09. The number of aromatic amines is 1. The van der Waals surface area contributed by atoms with E-state index < -0.39 is 4.92 Å². The molecule has 140 valence electrons. The van der Waals surface area contributed by atoms with Gasteiger partial charge in [0.2, 0.25) is 0 Å². The van der Waals surface area contributed by atoms with Crippen LogP contribution in [0.15, 0.2) is 53.3 Å². The molecule has 2 aromatic heterocycles. The molecule has 4 aromatic rings. The van der Waals surface area contributed by atoms with E-state index in [9.17, 15) is 14.9 Å². The maximum Gasteiger partial charge on any atom is 0.277 e. The van der Waals surface area contributed by atoms with E-state index in [1.54, 1.807) is 11.6 Å². The van der Waals surface area contributed by atoms with Gasteiger partial charge in [0.15, 0.2) is 5.52 Å². The van der Waals surface area contributed by atoms with Crippen molar-refractivity contribution in [1.82, 2.24) is 19.7 Å². The number of ether oxygens (including phenoxy) is 1. The van der Waals surface area contributed by atoms with Crippen LogP contribution in [0, 0.1) is 17.0 Å². The summed E-state index contributed by atoms with van der Waals surface area (Å²) >= 11 is 0. The van der Waals surface area contributed by atoms with E-state index in [2.05, 4.69) is 15.1 Å². The van der Waals surface area contributed by atoms with E-state index in [0.717, 1.165) is 5.69 Å². The van der Waals surface area contributed by atoms with Gasteiger partial charge in [-0.15, -0.1) is 0 Å². The van der Waals surface area contributed by atoms with Crippen LogP contribution in [0.2, 0.25) is 0 Å². The molecule has 0 unspecified atom stereocenters. The molecule has 0 saturated carbocycles. The average molecular weight is 377 g/mol. The first-order valence-electron chi connectivity index (χ1n) is 8.37. The lowest BCUT2D eigenvalue weighted by molar-refractivity contribution is -0.384. The molecular formula is C19H15N5O4. The fraction of sp³-hybridized carbons (Fsp3) is 0.105. The van der Waals surface area contributed by atoms with Crippen LogP contribution in [0.3, 0.4) is 0 Å². The van der Waals surface area contributed by atoms with E-state index in [4.69, 9.17) is 4.74 Å². The van der Waals surface area contributed by atoms with Gasteiger partial charge in [-0.1, -0.05) is 18.2 Å². The summed E-state index contributed by atoms with van der Waals surface area (Å²) in [5.41, 5.74) is 2.07. The Balaban J connectivity index is 1.94. The summed E-state index contributed by atoms with van der Waals surface area (Å²) in [5, 5.41) is 15.4. The molecule has 4 rings (SSSR count). The number of aryl methyl sites for hydroxylation is 1. The standard InChI is InChI=1S/C19H15N5O4/c1-11-16-17(23(22-11)12-6-4-3-5-7-12)19(25)21-18(20-16)14-9-8-13(24(26)27)10-15(14)28-2/h3-10H,1-2H3,(H,20,21,25). The number of nitrogens with zero attached hydrogens (tertiary/aromatic N) is 4. The monoisotopic (exact) mass is 377 g/mol. The van der Waals surface area contributed by atoms with E-state index in [0.29, 0.717) is 22.3 Å². The second-order valence-electron chi connectivity index (χ2n) is 6.09. The molecule has 0 amide bonds. The summed E-state index contributed by atoms with van der Waals surface area (Å²) in [5.74, 6) is 0.491. The number of benzene rings is 2. The minimum Gasteiger partial charge on any atom is -0.496 e. The van der Waals surface area contributed by atoms with Crippen LogP contribution in [0.1, 0.15) is 5.69 Å². The first-order valence-corrected chi connectivity index (χ1v) is 8.37. The van der Waals surface area contributed by atoms with Gasteiger partial charge in [-0.3, -0.25) is 14.9 Å². The van der Waals surface area contributed by atoms with E-state index in [-0.39, 0.29) is 22.8 Å². The number of fused-ring (bicyclic) bond motifs is 1. The van der Waals surface area contributed by atoms with Crippen molar-refractivity contribution in [2.45, 2.75) is 6.92 Å². The molecule has 0 bridgehead atoms. The molecule has 0 spiro atoms. The lowest BCUT2D eigenvalue weighted by atomic mass is 10.1. The third-order valence-electron chi connectivity index (χ3n) is 4.35. The fourth-order valence-electron chi connectivity index (χ4n) is 3.04. The number of aromatic nitrogens is 4. The molecule has 0 saturated heterocycles. The molecule has 9 heteroatoms. The van der Waals surface area contributed by atoms with Crippen molar-refractivity contribution in [2.75, 3.05) is 7.11 Å². The predicted octanol–water partition coefficient (Wildman–Crippen LogP) is 3.00. The van der Waals surface area contributed by atoms with Crippen molar-refractivity contribution in [2.24, 2.45) is 0 Å². The van der Waals surface area contributed by atoms with Gasteiger partial charge >= 0.3 is 0 Å². The Morgan fingerprint density at radius 3 is 2.61 bits per heavy atom. The van der Waals surface area contributed by atoms with Crippen molar-refractivity contribution in [1.29, 1.82) is 0 Å². The molecule has 28 heavy (non-hydrogen) atoms. The Kier molecular flexibility index (Phi) is 4.11. The second kappa shape index (κ2) is 6.62. The van der Waals surface area contributed by atoms with Gasteiger partial charge < -0.3 is 9.72 Å². The molecule has 0 aliphatic rings. The SMILES string of the molecule is COc1cc([N+](=O)[O-])ccc1-c1nc2c(C)nn(-c3ccccc3)c2c(=O)[nH]1. The summed E-state index contributed by atoms with van der Waals surface area (Å²) in [6.07, 6.45) is 0. The number of nitro benzene ring substituents is 1. The molecular weight excluding hydrogens is 362 g/mol. The summed E-state index contributed by atoms with van der Waals surface area (Å²) in [6, 6.07) is 13.4. The summed E-state index contributed by atoms with van der Waals surface area (Å²) in [7, 11) is 1.40. The quantitative estimate of drug-likeness (QED) is 0.432. The number of methoxy groups -OCH3 is 1. The largest absolute Gasteiger partial charge is 0.496 e. The predicted molar refractivity (Wildman–Crippen MR) is 103 cm³/mol. The number of nitrogens with one attached hydrogen (secondary N) is 1. The summed E-state index contributed by atoms with van der Waals surface area (Å²) < 4.78 is 6.81. The van der Waals surface area contributed by atoms with Crippen molar-refractivity contribution in [3.05, 3.63) is 74.7 Å². The van der Waals surface area contributed by atoms with Crippen molar-refractivity contribution in [3.63, 3.8) is 0 Å². The van der Waals surface area contributed by atoms with Crippen LogP contribution in [-0.2, 0) is 0 Å². The summed E-state index contributed by atoms with van der Waals surface area (Å²) in [6.45, 7) is 1.77. The Hall–Kier alpha value is -4.01. The summed E-state index contributed by atoms with van der Waals surface area (Å²) in [4.78, 5) is 30.6. The third-order valence-corrected chi connectivity index (χ3v) is 4.35. The van der Waals surface area contributed by atoms with Crippen LogP contribution in [0.25, 0.3) is 28.1 Å². The first kappa shape index (κ1) is 17.4. The number of hydrogen-bond acceptors (Lipinski definition) is 6. The van der Waals surface area contributed by atoms with Crippen LogP contribution in [0.4, 0.5) is 5.69 Å². The molecule has 1 N–H and O–H groups in total. The lowest BCUT2D eigenvalue weighted by Gasteiger charge is -2.08. The smallest absolute Gasteiger partial charge is 0.277 e. The number of hydrogen-bond donors (Lipinski definition) is 1. The molecule has 0 atom stereocenters. The van der Waals surface area contributed by atoms with Gasteiger partial charge in [-0.05, 0) is 25.1 Å². The Morgan fingerprint density at radius 1 is 1.18 bits per heavy atom. The Bertz CT molecular complexity index is 1260. The highest BCUT2D eigenvalue weighted by atomic mass is 16.6. The maximum atomic E-state index is 12.8. The van der Waals surface area contributed by atoms with Crippen molar-refractivity contribution < 1.29 is 9.66 Å². The topological polar surface area (TPSA) is 116 Å². The van der Waals surface area contributed by atoms with Gasteiger partial charge in [0, 0.05) is 6.07 Å². The highest BCUT2D eigenvalue weighted by Crippen LogP contribution is 2.31. The molecule has 0 radical (unpaired) electrons. The lowest BCUT2D eigenvalue weighted by Crippen LogP contribution is -2.13. The molecule has 0 aliphatic heterocycles. The van der Waals surface area contributed by atoms with Gasteiger partial charge in [-0.2, -0.15) is 5.10 Å². The van der Waals surface area contributed by atoms with E-state index in [1.165, 1.54) is 25.3 Å². The molecule has 0 fully saturated rings.